The second kappa shape index (κ2) is 8.36. The monoisotopic (exact) mass is 444 g/mol. The van der Waals surface area contributed by atoms with Crippen LogP contribution >= 0.6 is 0 Å². The molecule has 0 amide bonds. The molecule has 1 spiro atoms. The van der Waals surface area contributed by atoms with E-state index in [1.807, 2.05) is 0 Å². The van der Waals surface area contributed by atoms with Crippen LogP contribution in [-0.4, -0.2) is 28.2 Å². The highest BCUT2D eigenvalue weighted by molar-refractivity contribution is 5.72. The minimum Gasteiger partial charge on any atom is -0.390 e. The number of rotatable bonds is 3. The Morgan fingerprint density at radius 1 is 1.22 bits per heavy atom. The van der Waals surface area contributed by atoms with E-state index in [1.165, 1.54) is 31.4 Å². The maximum Gasteiger partial charge on any atom is 0.417 e. The molecule has 1 aromatic carbocycles. The van der Waals surface area contributed by atoms with Crippen molar-refractivity contribution in [3.63, 3.8) is 0 Å². The Balaban J connectivity index is 1.70. The Labute approximate surface area is 185 Å². The van der Waals surface area contributed by atoms with Gasteiger partial charge in [-0.2, -0.15) is 18.4 Å². The molecule has 1 N–H and O–H groups in total. The van der Waals surface area contributed by atoms with E-state index in [2.05, 4.69) is 21.8 Å². The van der Waals surface area contributed by atoms with Crippen molar-refractivity contribution in [3.05, 3.63) is 40.7 Å². The zero-order chi connectivity index (χ0) is 23.1. The molecule has 1 saturated carbocycles. The third kappa shape index (κ3) is 3.83. The number of aliphatic hydroxyl groups is 1. The molecular weight excluding hydrogens is 417 g/mol. The number of halogens is 3. The Bertz CT molecular complexity index is 1050. The molecule has 0 radical (unpaired) electrons. The van der Waals surface area contributed by atoms with E-state index in [0.717, 1.165) is 32.0 Å². The summed E-state index contributed by atoms with van der Waals surface area (Å²) in [5, 5.41) is 19.5. The number of aliphatic hydroxyl groups excluding tert-OH is 1. The standard InChI is InChI=1S/C24H27F3N4O/c1-15-5-4-8-23(15)9-11-31(12-10-23)22-20(14-32)30-21(16(2)29-22)17-6-3-7-19(18(17)13-28)24(25,26)27/h3,6-7,15,32H,4-5,8-12,14H2,1-2H3/t15-/m1/s1. The van der Waals surface area contributed by atoms with Gasteiger partial charge in [0.25, 0.3) is 0 Å². The fourth-order valence-electron chi connectivity index (χ4n) is 5.48. The molecule has 170 valence electrons. The minimum atomic E-state index is -4.65. The lowest BCUT2D eigenvalue weighted by Crippen LogP contribution is -2.42. The fraction of sp³-hybridized carbons (Fsp3) is 0.542. The molecule has 1 aromatic heterocycles. The summed E-state index contributed by atoms with van der Waals surface area (Å²) in [6, 6.07) is 5.28. The number of hydrogen-bond acceptors (Lipinski definition) is 5. The molecule has 1 aliphatic carbocycles. The summed E-state index contributed by atoms with van der Waals surface area (Å²) in [7, 11) is 0. The first kappa shape index (κ1) is 22.5. The molecule has 4 rings (SSSR count). The summed E-state index contributed by atoms with van der Waals surface area (Å²) in [6.07, 6.45) is 1.28. The predicted molar refractivity (Wildman–Crippen MR) is 115 cm³/mol. The number of piperidine rings is 1. The molecule has 2 aliphatic rings. The van der Waals surface area contributed by atoms with Gasteiger partial charge in [0, 0.05) is 18.7 Å². The van der Waals surface area contributed by atoms with Crippen LogP contribution in [0.3, 0.4) is 0 Å². The van der Waals surface area contributed by atoms with Gasteiger partial charge in [-0.05, 0) is 43.6 Å². The van der Waals surface area contributed by atoms with Crippen LogP contribution in [0, 0.1) is 29.6 Å². The van der Waals surface area contributed by atoms with Crippen molar-refractivity contribution in [2.24, 2.45) is 11.3 Å². The number of alkyl halides is 3. The van der Waals surface area contributed by atoms with Crippen LogP contribution < -0.4 is 4.90 Å². The maximum atomic E-state index is 13.4. The van der Waals surface area contributed by atoms with E-state index >= 15 is 0 Å². The first-order valence-electron chi connectivity index (χ1n) is 11.0. The molecule has 1 atom stereocenters. The zero-order valence-corrected chi connectivity index (χ0v) is 18.3. The molecule has 2 fully saturated rings. The summed E-state index contributed by atoms with van der Waals surface area (Å²) in [4.78, 5) is 11.3. The van der Waals surface area contributed by atoms with Gasteiger partial charge in [-0.15, -0.1) is 0 Å². The van der Waals surface area contributed by atoms with E-state index in [1.54, 1.807) is 13.0 Å². The van der Waals surface area contributed by atoms with Crippen molar-refractivity contribution < 1.29 is 18.3 Å². The molecule has 0 bridgehead atoms. The fourth-order valence-corrected chi connectivity index (χ4v) is 5.48. The number of hydrogen-bond donors (Lipinski definition) is 1. The van der Waals surface area contributed by atoms with Gasteiger partial charge < -0.3 is 10.0 Å². The molecule has 32 heavy (non-hydrogen) atoms. The molecule has 2 aromatic rings. The second-order valence-electron chi connectivity index (χ2n) is 9.07. The number of benzene rings is 1. The smallest absolute Gasteiger partial charge is 0.390 e. The summed E-state index contributed by atoms with van der Waals surface area (Å²) in [5.74, 6) is 1.29. The predicted octanol–water partition coefficient (Wildman–Crippen LogP) is 5.24. The SMILES string of the molecule is Cc1nc(N2CCC3(CCC[C@H]3C)CC2)c(CO)nc1-c1cccc(C(F)(F)F)c1C#N. The summed E-state index contributed by atoms with van der Waals surface area (Å²) < 4.78 is 40.2. The summed E-state index contributed by atoms with van der Waals surface area (Å²) in [6.45, 7) is 5.27. The van der Waals surface area contributed by atoms with Crippen LogP contribution in [0.2, 0.25) is 0 Å². The van der Waals surface area contributed by atoms with Crippen LogP contribution in [0.1, 0.15) is 61.5 Å². The van der Waals surface area contributed by atoms with Gasteiger partial charge >= 0.3 is 6.18 Å². The van der Waals surface area contributed by atoms with Gasteiger partial charge in [0.05, 0.1) is 29.1 Å². The number of aryl methyl sites for hydroxylation is 1. The Hall–Kier alpha value is -2.66. The second-order valence-corrected chi connectivity index (χ2v) is 9.07. The van der Waals surface area contributed by atoms with Crippen LogP contribution in [0.5, 0.6) is 0 Å². The Kier molecular flexibility index (Phi) is 5.89. The lowest BCUT2D eigenvalue weighted by Gasteiger charge is -2.43. The van der Waals surface area contributed by atoms with Crippen LogP contribution in [-0.2, 0) is 12.8 Å². The molecule has 2 heterocycles. The molecule has 8 heteroatoms. The lowest BCUT2D eigenvalue weighted by atomic mass is 9.71. The quantitative estimate of drug-likeness (QED) is 0.701. The van der Waals surface area contributed by atoms with Crippen molar-refractivity contribution in [1.29, 1.82) is 5.26 Å². The van der Waals surface area contributed by atoms with Crippen LogP contribution in [0.4, 0.5) is 19.0 Å². The highest BCUT2D eigenvalue weighted by Gasteiger charge is 2.42. The third-order valence-electron chi connectivity index (χ3n) is 7.42. The average molecular weight is 445 g/mol. The van der Waals surface area contributed by atoms with E-state index < -0.39 is 17.3 Å². The molecular formula is C24H27F3N4O. The van der Waals surface area contributed by atoms with Crippen molar-refractivity contribution in [1.82, 2.24) is 9.97 Å². The Morgan fingerprint density at radius 3 is 2.50 bits per heavy atom. The summed E-state index contributed by atoms with van der Waals surface area (Å²) >= 11 is 0. The minimum absolute atomic E-state index is 0.0750. The van der Waals surface area contributed by atoms with Gasteiger partial charge in [-0.3, -0.25) is 0 Å². The first-order valence-corrected chi connectivity index (χ1v) is 11.0. The van der Waals surface area contributed by atoms with Gasteiger partial charge in [0.15, 0.2) is 5.82 Å². The number of anilines is 1. The number of aromatic nitrogens is 2. The van der Waals surface area contributed by atoms with Gasteiger partial charge in [0.1, 0.15) is 11.8 Å². The summed E-state index contributed by atoms with van der Waals surface area (Å²) in [5.41, 5.74) is -0.0726. The topological polar surface area (TPSA) is 73.0 Å². The van der Waals surface area contributed by atoms with E-state index in [4.69, 9.17) is 0 Å². The first-order chi connectivity index (χ1) is 15.2. The highest BCUT2D eigenvalue weighted by Crippen LogP contribution is 2.50. The number of nitrogens with zero attached hydrogens (tertiary/aromatic N) is 4. The molecule has 1 aliphatic heterocycles. The van der Waals surface area contributed by atoms with Crippen LogP contribution in [0.15, 0.2) is 18.2 Å². The maximum absolute atomic E-state index is 13.4. The van der Waals surface area contributed by atoms with Crippen molar-refractivity contribution in [3.8, 4) is 17.3 Å². The van der Waals surface area contributed by atoms with E-state index in [9.17, 15) is 23.5 Å². The molecule has 1 saturated heterocycles. The van der Waals surface area contributed by atoms with E-state index in [-0.39, 0.29) is 17.9 Å². The van der Waals surface area contributed by atoms with Gasteiger partial charge in [0.2, 0.25) is 0 Å². The highest BCUT2D eigenvalue weighted by atomic mass is 19.4. The molecule has 5 nitrogen and oxygen atoms in total. The van der Waals surface area contributed by atoms with Crippen molar-refractivity contribution in [2.75, 3.05) is 18.0 Å². The van der Waals surface area contributed by atoms with Crippen LogP contribution in [0.25, 0.3) is 11.3 Å². The van der Waals surface area contributed by atoms with E-state index in [0.29, 0.717) is 28.5 Å². The normalized spacial score (nSPS) is 20.5. The molecule has 0 unspecified atom stereocenters. The number of nitriles is 1. The Morgan fingerprint density at radius 2 is 1.94 bits per heavy atom. The average Bonchev–Trinajstić information content (AvgIpc) is 3.12. The zero-order valence-electron chi connectivity index (χ0n) is 18.3. The largest absolute Gasteiger partial charge is 0.417 e. The van der Waals surface area contributed by atoms with Crippen molar-refractivity contribution >= 4 is 5.82 Å². The third-order valence-corrected chi connectivity index (χ3v) is 7.42. The van der Waals surface area contributed by atoms with Gasteiger partial charge in [-0.1, -0.05) is 31.9 Å². The van der Waals surface area contributed by atoms with Gasteiger partial charge in [-0.25, -0.2) is 9.97 Å². The van der Waals surface area contributed by atoms with Crippen molar-refractivity contribution in [2.45, 2.75) is 58.7 Å². The lowest BCUT2D eigenvalue weighted by molar-refractivity contribution is -0.137.